The molecule has 0 radical (unpaired) electrons. The van der Waals surface area contributed by atoms with Crippen LogP contribution in [0.4, 0.5) is 0 Å². The predicted molar refractivity (Wildman–Crippen MR) is 124 cm³/mol. The van der Waals surface area contributed by atoms with Gasteiger partial charge >= 0.3 is 0 Å². The zero-order valence-electron chi connectivity index (χ0n) is 18.7. The average molecular weight is 446 g/mol. The molecule has 4 rings (SSSR count). The van der Waals surface area contributed by atoms with Crippen molar-refractivity contribution < 1.29 is 19.1 Å². The van der Waals surface area contributed by atoms with Gasteiger partial charge in [0.2, 0.25) is 5.91 Å². The van der Waals surface area contributed by atoms with Crippen molar-refractivity contribution in [2.24, 2.45) is 5.92 Å². The van der Waals surface area contributed by atoms with Gasteiger partial charge in [-0.15, -0.1) is 0 Å². The van der Waals surface area contributed by atoms with Crippen molar-refractivity contribution in [3.63, 3.8) is 0 Å². The maximum absolute atomic E-state index is 13.3. The molecular weight excluding hydrogens is 418 g/mol. The second kappa shape index (κ2) is 10.2. The van der Waals surface area contributed by atoms with Crippen LogP contribution < -0.4 is 14.8 Å². The highest BCUT2D eigenvalue weighted by Crippen LogP contribution is 2.38. The minimum absolute atomic E-state index is 0.101. The van der Waals surface area contributed by atoms with Gasteiger partial charge in [-0.1, -0.05) is 30.3 Å². The quantitative estimate of drug-likeness (QED) is 0.604. The first-order valence-electron chi connectivity index (χ1n) is 10.8. The van der Waals surface area contributed by atoms with Crippen molar-refractivity contribution in [1.29, 1.82) is 0 Å². The summed E-state index contributed by atoms with van der Waals surface area (Å²) in [7, 11) is 3.18. The minimum Gasteiger partial charge on any atom is -0.497 e. The molecular formula is C26H27N3O4. The topological polar surface area (TPSA) is 80.8 Å². The number of methoxy groups -OCH3 is 2. The first-order valence-corrected chi connectivity index (χ1v) is 10.8. The monoisotopic (exact) mass is 445 g/mol. The Morgan fingerprint density at radius 2 is 1.88 bits per heavy atom. The van der Waals surface area contributed by atoms with Gasteiger partial charge in [0.25, 0.3) is 5.91 Å². The Hall–Kier alpha value is -3.87. The van der Waals surface area contributed by atoms with Crippen LogP contribution in [-0.2, 0) is 11.3 Å². The highest BCUT2D eigenvalue weighted by Gasteiger charge is 2.41. The van der Waals surface area contributed by atoms with E-state index in [1.807, 2.05) is 36.4 Å². The van der Waals surface area contributed by atoms with E-state index in [1.54, 1.807) is 55.8 Å². The number of carbonyl (C=O) groups is 2. The molecule has 1 aromatic heterocycles. The van der Waals surface area contributed by atoms with Gasteiger partial charge in [-0.25, -0.2) is 0 Å². The fourth-order valence-electron chi connectivity index (χ4n) is 4.28. The number of pyridine rings is 1. The Morgan fingerprint density at radius 1 is 1.03 bits per heavy atom. The lowest BCUT2D eigenvalue weighted by Crippen LogP contribution is -2.35. The molecule has 2 amide bonds. The SMILES string of the molecule is COc1cccc(C(=O)N2C[C@@H](C(=O)NCc3cccnc3)[C@H](c3ccccc3OC)C2)c1. The van der Waals surface area contributed by atoms with Gasteiger partial charge in [-0.2, -0.15) is 0 Å². The van der Waals surface area contributed by atoms with E-state index < -0.39 is 5.92 Å². The summed E-state index contributed by atoms with van der Waals surface area (Å²) in [6.07, 6.45) is 3.42. The lowest BCUT2D eigenvalue weighted by atomic mass is 9.87. The first-order chi connectivity index (χ1) is 16.1. The molecule has 33 heavy (non-hydrogen) atoms. The third-order valence-corrected chi connectivity index (χ3v) is 5.99. The number of nitrogens with one attached hydrogen (secondary N) is 1. The van der Waals surface area contributed by atoms with Crippen molar-refractivity contribution in [2.45, 2.75) is 12.5 Å². The van der Waals surface area contributed by atoms with Gasteiger partial charge in [0, 0.05) is 43.5 Å². The van der Waals surface area contributed by atoms with Gasteiger partial charge in [0.05, 0.1) is 20.1 Å². The van der Waals surface area contributed by atoms with Crippen molar-refractivity contribution in [3.05, 3.63) is 89.7 Å². The molecule has 0 spiro atoms. The number of rotatable bonds is 7. The van der Waals surface area contributed by atoms with E-state index in [2.05, 4.69) is 10.3 Å². The third kappa shape index (κ3) is 4.98. The fourth-order valence-corrected chi connectivity index (χ4v) is 4.28. The number of para-hydroxylation sites is 1. The maximum atomic E-state index is 13.3. The van der Waals surface area contributed by atoms with Crippen molar-refractivity contribution >= 4 is 11.8 Å². The number of benzene rings is 2. The summed E-state index contributed by atoms with van der Waals surface area (Å²) in [4.78, 5) is 32.4. The van der Waals surface area contributed by atoms with Gasteiger partial charge in [-0.3, -0.25) is 14.6 Å². The molecule has 0 unspecified atom stereocenters. The van der Waals surface area contributed by atoms with Crippen LogP contribution in [0.15, 0.2) is 73.1 Å². The summed E-state index contributed by atoms with van der Waals surface area (Å²) in [5, 5.41) is 3.02. The molecule has 7 heteroatoms. The lowest BCUT2D eigenvalue weighted by Gasteiger charge is -2.20. The number of aromatic nitrogens is 1. The Kier molecular flexibility index (Phi) is 6.88. The van der Waals surface area contributed by atoms with Crippen molar-refractivity contribution in [2.75, 3.05) is 27.3 Å². The van der Waals surface area contributed by atoms with Gasteiger partial charge < -0.3 is 19.7 Å². The molecule has 2 heterocycles. The largest absolute Gasteiger partial charge is 0.497 e. The summed E-state index contributed by atoms with van der Waals surface area (Å²) in [5.41, 5.74) is 2.37. The summed E-state index contributed by atoms with van der Waals surface area (Å²) in [6, 6.07) is 18.5. The van der Waals surface area contributed by atoms with E-state index >= 15 is 0 Å². The number of ether oxygens (including phenoxy) is 2. The van der Waals surface area contributed by atoms with E-state index in [0.29, 0.717) is 36.7 Å². The van der Waals surface area contributed by atoms with Gasteiger partial charge in [-0.05, 0) is 41.5 Å². The zero-order chi connectivity index (χ0) is 23.2. The molecule has 1 aliphatic rings. The smallest absolute Gasteiger partial charge is 0.254 e. The molecule has 1 saturated heterocycles. The fraction of sp³-hybridized carbons (Fsp3) is 0.269. The van der Waals surface area contributed by atoms with Crippen LogP contribution in [0, 0.1) is 5.92 Å². The molecule has 1 aliphatic heterocycles. The summed E-state index contributed by atoms with van der Waals surface area (Å²) >= 11 is 0. The number of likely N-dealkylation sites (tertiary alicyclic amines) is 1. The molecule has 170 valence electrons. The third-order valence-electron chi connectivity index (χ3n) is 5.99. The lowest BCUT2D eigenvalue weighted by molar-refractivity contribution is -0.125. The average Bonchev–Trinajstić information content (AvgIpc) is 3.33. The van der Waals surface area contributed by atoms with E-state index in [-0.39, 0.29) is 17.7 Å². The van der Waals surface area contributed by atoms with Gasteiger partial charge in [0.1, 0.15) is 11.5 Å². The molecule has 0 aliphatic carbocycles. The molecule has 2 aromatic carbocycles. The number of hydrogen-bond donors (Lipinski definition) is 1. The van der Waals surface area contributed by atoms with Crippen LogP contribution in [0.3, 0.4) is 0 Å². The normalized spacial score (nSPS) is 17.5. The summed E-state index contributed by atoms with van der Waals surface area (Å²) in [6.45, 7) is 1.12. The van der Waals surface area contributed by atoms with E-state index in [0.717, 1.165) is 11.1 Å². The van der Waals surface area contributed by atoms with Gasteiger partial charge in [0.15, 0.2) is 0 Å². The highest BCUT2D eigenvalue weighted by molar-refractivity contribution is 5.95. The predicted octanol–water partition coefficient (Wildman–Crippen LogP) is 3.27. The molecule has 2 atom stereocenters. The maximum Gasteiger partial charge on any atom is 0.254 e. The van der Waals surface area contributed by atoms with E-state index in [4.69, 9.17) is 9.47 Å². The second-order valence-corrected chi connectivity index (χ2v) is 7.98. The number of carbonyl (C=O) groups excluding carboxylic acids is 2. The number of hydrogen-bond acceptors (Lipinski definition) is 5. The molecule has 1 fully saturated rings. The van der Waals surface area contributed by atoms with Crippen LogP contribution in [0.1, 0.15) is 27.4 Å². The summed E-state index contributed by atoms with van der Waals surface area (Å²) < 4.78 is 10.8. The highest BCUT2D eigenvalue weighted by atomic mass is 16.5. The number of amides is 2. The van der Waals surface area contributed by atoms with E-state index in [1.165, 1.54) is 0 Å². The second-order valence-electron chi connectivity index (χ2n) is 7.98. The Bertz CT molecular complexity index is 1120. The Balaban J connectivity index is 1.59. The van der Waals surface area contributed by atoms with Crippen LogP contribution in [-0.4, -0.2) is 49.0 Å². The zero-order valence-corrected chi connectivity index (χ0v) is 18.7. The molecule has 0 saturated carbocycles. The standard InChI is InChI=1S/C26H27N3O4/c1-32-20-9-5-8-19(13-20)26(31)29-16-22(21-10-3-4-11-24(21)33-2)23(17-29)25(30)28-15-18-7-6-12-27-14-18/h3-14,22-23H,15-17H2,1-2H3,(H,28,30)/t22-,23+/m0/s1. The number of nitrogens with zero attached hydrogens (tertiary/aromatic N) is 2. The van der Waals surface area contributed by atoms with Crippen molar-refractivity contribution in [1.82, 2.24) is 15.2 Å². The van der Waals surface area contributed by atoms with Crippen LogP contribution >= 0.6 is 0 Å². The molecule has 1 N–H and O–H groups in total. The van der Waals surface area contributed by atoms with Crippen molar-refractivity contribution in [3.8, 4) is 11.5 Å². The van der Waals surface area contributed by atoms with E-state index in [9.17, 15) is 9.59 Å². The van der Waals surface area contributed by atoms with Crippen LogP contribution in [0.5, 0.6) is 11.5 Å². The molecule has 7 nitrogen and oxygen atoms in total. The Morgan fingerprint density at radius 3 is 2.64 bits per heavy atom. The summed E-state index contributed by atoms with van der Waals surface area (Å²) in [5.74, 6) is 0.500. The van der Waals surface area contributed by atoms with Crippen LogP contribution in [0.2, 0.25) is 0 Å². The minimum atomic E-state index is -0.410. The Labute approximate surface area is 193 Å². The molecule has 0 bridgehead atoms. The molecule has 3 aromatic rings. The first kappa shape index (κ1) is 22.3. The van der Waals surface area contributed by atoms with Crippen LogP contribution in [0.25, 0.3) is 0 Å².